The van der Waals surface area contributed by atoms with Crippen molar-refractivity contribution in [2.24, 2.45) is 0 Å². The van der Waals surface area contributed by atoms with E-state index in [-0.39, 0.29) is 45.9 Å². The molecule has 3 aromatic carbocycles. The van der Waals surface area contributed by atoms with Crippen LogP contribution in [0.2, 0.25) is 20.1 Å². The van der Waals surface area contributed by atoms with E-state index >= 15 is 0 Å². The number of pyridine rings is 3. The maximum Gasteiger partial charge on any atom is 0.255 e. The molecule has 462 valence electrons. The van der Waals surface area contributed by atoms with Crippen LogP contribution in [0.1, 0.15) is 142 Å². The number of nitrogens with one attached hydrogen (secondary N) is 3. The second-order valence-corrected chi connectivity index (χ2v) is 26.9. The molecule has 0 saturated carbocycles. The number of aromatic nitrogens is 9. The summed E-state index contributed by atoms with van der Waals surface area (Å²) in [5.41, 5.74) is 8.44. The minimum absolute atomic E-state index is 0.00317. The van der Waals surface area contributed by atoms with E-state index < -0.39 is 19.7 Å². The predicted octanol–water partition coefficient (Wildman–Crippen LogP) is 13.7. The van der Waals surface area contributed by atoms with Gasteiger partial charge in [-0.3, -0.25) is 14.4 Å². The van der Waals surface area contributed by atoms with Gasteiger partial charge >= 0.3 is 0 Å². The molecule has 0 aliphatic rings. The Morgan fingerprint density at radius 3 is 1.16 bits per heavy atom. The zero-order valence-corrected chi connectivity index (χ0v) is 55.6. The lowest BCUT2D eigenvalue weighted by Gasteiger charge is -2.18. The molecule has 3 amide bonds. The number of nitrogens with zero attached hydrogens (tertiary/aromatic N) is 9. The molecule has 0 aliphatic carbocycles. The number of carbonyl (C=O) groups excluding carboxylic acids is 3. The van der Waals surface area contributed by atoms with Gasteiger partial charge in [-0.25, -0.2) is 45.8 Å². The summed E-state index contributed by atoms with van der Waals surface area (Å²) in [7, 11) is -6.76. The molecule has 0 saturated heterocycles. The lowest BCUT2D eigenvalue weighted by atomic mass is 10.0. The number of amides is 3. The first kappa shape index (κ1) is 68.2. The molecule has 88 heavy (non-hydrogen) atoms. The van der Waals surface area contributed by atoms with E-state index in [0.29, 0.717) is 66.7 Å². The first-order valence-electron chi connectivity index (χ1n) is 27.8. The van der Waals surface area contributed by atoms with E-state index in [2.05, 4.69) is 69.1 Å². The largest absolute Gasteiger partial charge is 0.345 e. The van der Waals surface area contributed by atoms with Gasteiger partial charge in [0.15, 0.2) is 29.7 Å². The molecule has 26 heteroatoms. The second-order valence-electron chi connectivity index (χ2n) is 20.5. The van der Waals surface area contributed by atoms with E-state index in [9.17, 15) is 31.2 Å². The topological polar surface area (TPSA) is 248 Å². The van der Waals surface area contributed by atoms with Crippen LogP contribution in [0, 0.1) is 20.8 Å². The van der Waals surface area contributed by atoms with Gasteiger partial charge in [-0.15, -0.1) is 0 Å². The zero-order chi connectivity index (χ0) is 64.0. The molecule has 0 radical (unpaired) electrons. The summed E-state index contributed by atoms with van der Waals surface area (Å²) in [5, 5.41) is 24.3. The molecule has 19 nitrogen and oxygen atoms in total. The fraction of sp³-hybridized carbons (Fsp3) is 0.274. The highest BCUT2D eigenvalue weighted by molar-refractivity contribution is 9.10. The number of halogens is 5. The molecule has 3 N–H and O–H groups in total. The SMILES string of the molecule is CCCC(NC(=O)c1cnn(-c2ccc(Cl)c(Cl)c2)c1C)c1ccc(S(C)(=O)=O)nc1.CCCC(NC(=O)c1cnn(-c2ccc(Cl)cc2)c1C)c1ccc(S(C)(=O)=O)nc1.CCCC(NC(=O)c1cnn(-c2ccc(Cl)cc2)c1C)c1ccnc(Br)c1. The summed E-state index contributed by atoms with van der Waals surface area (Å²) in [6.07, 6.45) is 16.4. The van der Waals surface area contributed by atoms with Crippen molar-refractivity contribution in [1.82, 2.24) is 60.2 Å². The van der Waals surface area contributed by atoms with Crippen LogP contribution in [0.25, 0.3) is 17.1 Å². The highest BCUT2D eigenvalue weighted by atomic mass is 79.9. The van der Waals surface area contributed by atoms with Gasteiger partial charge in [0, 0.05) is 41.1 Å². The number of benzene rings is 3. The van der Waals surface area contributed by atoms with E-state index in [1.165, 1.54) is 36.9 Å². The minimum atomic E-state index is -3.39. The maximum absolute atomic E-state index is 13.0. The first-order chi connectivity index (χ1) is 41.8. The fourth-order valence-electron chi connectivity index (χ4n) is 9.27. The minimum Gasteiger partial charge on any atom is -0.345 e. The van der Waals surface area contributed by atoms with Crippen molar-refractivity contribution in [2.75, 3.05) is 12.5 Å². The summed E-state index contributed by atoms with van der Waals surface area (Å²) >= 11 is 27.4. The number of hydrogen-bond acceptors (Lipinski definition) is 13. The van der Waals surface area contributed by atoms with E-state index in [1.807, 2.05) is 64.1 Å². The molecule has 9 aromatic rings. The lowest BCUT2D eigenvalue weighted by molar-refractivity contribution is 0.0925. The average Bonchev–Trinajstić information content (AvgIpc) is 4.32. The van der Waals surface area contributed by atoms with Crippen LogP contribution >= 0.6 is 62.3 Å². The van der Waals surface area contributed by atoms with Crippen molar-refractivity contribution < 1.29 is 31.2 Å². The van der Waals surface area contributed by atoms with Crippen LogP contribution < -0.4 is 16.0 Å². The number of sulfone groups is 2. The Bertz CT molecular complexity index is 4130. The molecule has 0 aliphatic heterocycles. The quantitative estimate of drug-likeness (QED) is 0.0602. The molecule has 9 rings (SSSR count). The molecule has 3 atom stereocenters. The number of carbonyl (C=O) groups is 3. The van der Waals surface area contributed by atoms with Crippen LogP contribution in [-0.2, 0) is 19.7 Å². The van der Waals surface area contributed by atoms with E-state index in [0.717, 1.165) is 76.6 Å². The highest BCUT2D eigenvalue weighted by Gasteiger charge is 2.24. The molecule has 6 heterocycles. The maximum atomic E-state index is 13.0. The van der Waals surface area contributed by atoms with Crippen LogP contribution in [0.5, 0.6) is 0 Å². The zero-order valence-electron chi connectivity index (χ0n) is 49.3. The van der Waals surface area contributed by atoms with Crippen molar-refractivity contribution in [2.45, 2.75) is 108 Å². The Morgan fingerprint density at radius 1 is 0.466 bits per heavy atom. The first-order valence-corrected chi connectivity index (χ1v) is 33.9. The van der Waals surface area contributed by atoms with Crippen molar-refractivity contribution >= 4 is 99.7 Å². The third-order valence-electron chi connectivity index (χ3n) is 13.9. The standard InChI is InChI=1S/C21H22Cl2N4O3S.C21H23ClN4O3S.C20H20BrClN4O/c1-4-5-19(14-6-9-20(24-11-14)31(3,29)30)26-21(28)16-12-25-27(13(16)2)15-7-8-17(22)18(23)10-15;1-4-5-19(15-6-11-20(23-12-15)30(3,28)29)25-21(27)18-13-24-26(14(18)2)17-9-7-16(22)8-10-17;1-3-4-18(14-9-10-23-19(21)11-14)25-20(27)17-12-24-26(13(17)2)16-7-5-15(22)6-8-16/h6-12,19H,4-5H2,1-3H3,(H,26,28);6-13,19H,4-5H2,1-3H3,(H,25,27);5-12,18H,3-4H2,1-2H3,(H,25,27). The smallest absolute Gasteiger partial charge is 0.255 e. The molecule has 3 unspecified atom stereocenters. The number of rotatable bonds is 20. The molecule has 0 fully saturated rings. The van der Waals surface area contributed by atoms with Crippen molar-refractivity contribution in [3.05, 3.63) is 215 Å². The lowest BCUT2D eigenvalue weighted by Crippen LogP contribution is -2.29. The van der Waals surface area contributed by atoms with Crippen molar-refractivity contribution in [3.8, 4) is 17.1 Å². The summed E-state index contributed by atoms with van der Waals surface area (Å²) in [5.74, 6) is -0.674. The van der Waals surface area contributed by atoms with Crippen LogP contribution in [0.3, 0.4) is 0 Å². The van der Waals surface area contributed by atoms with Crippen LogP contribution in [0.4, 0.5) is 0 Å². The van der Waals surface area contributed by atoms with Gasteiger partial charge in [0.2, 0.25) is 0 Å². The average molecular weight is 1380 g/mol. The molecular weight excluding hydrogens is 1310 g/mol. The van der Waals surface area contributed by atoms with Gasteiger partial charge in [-0.05, 0) is 164 Å². The van der Waals surface area contributed by atoms with Crippen LogP contribution in [-0.4, -0.2) is 91.4 Å². The monoisotopic (exact) mass is 1370 g/mol. The Balaban J connectivity index is 0.000000189. The molecule has 6 aromatic heterocycles. The Kier molecular flexibility index (Phi) is 23.8. The van der Waals surface area contributed by atoms with E-state index in [1.54, 1.807) is 88.0 Å². The van der Waals surface area contributed by atoms with Gasteiger partial charge in [0.1, 0.15) is 4.60 Å². The second kappa shape index (κ2) is 30.7. The van der Waals surface area contributed by atoms with Crippen molar-refractivity contribution in [3.63, 3.8) is 0 Å². The molecule has 0 spiro atoms. The third kappa shape index (κ3) is 17.7. The Morgan fingerprint density at radius 2 is 0.830 bits per heavy atom. The van der Waals surface area contributed by atoms with Gasteiger partial charge in [0.25, 0.3) is 17.7 Å². The van der Waals surface area contributed by atoms with Gasteiger partial charge < -0.3 is 16.0 Å². The van der Waals surface area contributed by atoms with Crippen molar-refractivity contribution in [1.29, 1.82) is 0 Å². The summed E-state index contributed by atoms with van der Waals surface area (Å²) in [6.45, 7) is 11.6. The van der Waals surface area contributed by atoms with Crippen LogP contribution in [0.15, 0.2) is 155 Å². The van der Waals surface area contributed by atoms with Gasteiger partial charge in [-0.1, -0.05) is 98.6 Å². The molecule has 0 bridgehead atoms. The summed E-state index contributed by atoms with van der Waals surface area (Å²) in [4.78, 5) is 51.1. The Labute approximate surface area is 540 Å². The predicted molar refractivity (Wildman–Crippen MR) is 347 cm³/mol. The summed E-state index contributed by atoms with van der Waals surface area (Å²) in [6, 6.07) is 29.1. The normalized spacial score (nSPS) is 12.4. The fourth-order valence-corrected chi connectivity index (χ4v) is 11.3. The molecular formula is C62H65BrCl4N12O7S2. The Hall–Kier alpha value is -7.31. The van der Waals surface area contributed by atoms with Gasteiger partial charge in [-0.2, -0.15) is 15.3 Å². The third-order valence-corrected chi connectivity index (χ3v) is 17.6. The highest BCUT2D eigenvalue weighted by Crippen LogP contribution is 2.28. The van der Waals surface area contributed by atoms with Gasteiger partial charge in [0.05, 0.1) is 97.6 Å². The summed E-state index contributed by atoms with van der Waals surface area (Å²) < 4.78 is 52.3. The van der Waals surface area contributed by atoms with E-state index in [4.69, 9.17) is 46.4 Å². The number of hydrogen-bond donors (Lipinski definition) is 3.